The Bertz CT molecular complexity index is 431. The van der Waals surface area contributed by atoms with Gasteiger partial charge in [0.05, 0.1) is 6.42 Å². The second kappa shape index (κ2) is 4.26. The molecule has 0 aliphatic heterocycles. The second-order valence-electron chi connectivity index (χ2n) is 3.66. The molecule has 0 atom stereocenters. The molecule has 0 aliphatic rings. The fourth-order valence-corrected chi connectivity index (χ4v) is 1.62. The SMILES string of the molecule is CCCc1nc(-c2ccccc2)[nH][n+]1C. The maximum Gasteiger partial charge on any atom is 0.319 e. The van der Waals surface area contributed by atoms with Gasteiger partial charge in [-0.1, -0.05) is 25.1 Å². The first-order valence-electron chi connectivity index (χ1n) is 5.31. The largest absolute Gasteiger partial charge is 0.319 e. The molecule has 0 spiro atoms. The molecule has 78 valence electrons. The quantitative estimate of drug-likeness (QED) is 0.757. The van der Waals surface area contributed by atoms with Crippen LogP contribution in [0.4, 0.5) is 0 Å². The smallest absolute Gasteiger partial charge is 0.187 e. The van der Waals surface area contributed by atoms with Gasteiger partial charge in [0.15, 0.2) is 0 Å². The van der Waals surface area contributed by atoms with Gasteiger partial charge in [-0.25, -0.2) is 0 Å². The highest BCUT2D eigenvalue weighted by atomic mass is 15.3. The summed E-state index contributed by atoms with van der Waals surface area (Å²) in [6.07, 6.45) is 2.13. The van der Waals surface area contributed by atoms with E-state index in [4.69, 9.17) is 0 Å². The molecule has 3 heteroatoms. The number of rotatable bonds is 3. The van der Waals surface area contributed by atoms with Crippen LogP contribution in [0.1, 0.15) is 19.2 Å². The Morgan fingerprint density at radius 1 is 1.27 bits per heavy atom. The van der Waals surface area contributed by atoms with Crippen molar-refractivity contribution in [3.05, 3.63) is 36.2 Å². The Morgan fingerprint density at radius 2 is 2.00 bits per heavy atom. The van der Waals surface area contributed by atoms with Crippen LogP contribution >= 0.6 is 0 Å². The standard InChI is InChI=1S/C12H15N3/c1-3-7-11-13-12(14-15(11)2)10-8-5-4-6-9-10/h4-6,8-9H,3,7H2,1-2H3/p+1. The van der Waals surface area contributed by atoms with Crippen LogP contribution in [0.3, 0.4) is 0 Å². The molecule has 1 aromatic carbocycles. The molecule has 0 radical (unpaired) electrons. The summed E-state index contributed by atoms with van der Waals surface area (Å²) in [7, 11) is 2.00. The average Bonchev–Trinajstić information content (AvgIpc) is 2.63. The molecular weight excluding hydrogens is 186 g/mol. The van der Waals surface area contributed by atoms with E-state index >= 15 is 0 Å². The van der Waals surface area contributed by atoms with Crippen molar-refractivity contribution in [1.82, 2.24) is 10.1 Å². The van der Waals surface area contributed by atoms with E-state index in [0.29, 0.717) is 0 Å². The lowest BCUT2D eigenvalue weighted by Gasteiger charge is -1.88. The summed E-state index contributed by atoms with van der Waals surface area (Å²) in [5.41, 5.74) is 1.13. The van der Waals surface area contributed by atoms with Gasteiger partial charge in [-0.15, -0.1) is 0 Å². The maximum atomic E-state index is 4.58. The van der Waals surface area contributed by atoms with Crippen LogP contribution in [0.15, 0.2) is 30.3 Å². The summed E-state index contributed by atoms with van der Waals surface area (Å²) >= 11 is 0. The molecule has 2 rings (SSSR count). The zero-order valence-electron chi connectivity index (χ0n) is 9.20. The maximum absolute atomic E-state index is 4.58. The Labute approximate surface area is 89.8 Å². The van der Waals surface area contributed by atoms with Gasteiger partial charge in [0, 0.05) is 5.56 Å². The predicted molar refractivity (Wildman–Crippen MR) is 59.2 cm³/mol. The van der Waals surface area contributed by atoms with Gasteiger partial charge in [-0.3, -0.25) is 0 Å². The summed E-state index contributed by atoms with van der Waals surface area (Å²) in [4.78, 5) is 4.58. The van der Waals surface area contributed by atoms with Crippen LogP contribution in [-0.2, 0) is 13.5 Å². The number of aromatic nitrogens is 3. The fraction of sp³-hybridized carbons (Fsp3) is 0.333. The molecule has 0 bridgehead atoms. The molecule has 0 fully saturated rings. The van der Waals surface area contributed by atoms with E-state index in [9.17, 15) is 0 Å². The minimum atomic E-state index is 0.946. The minimum Gasteiger partial charge on any atom is -0.187 e. The normalized spacial score (nSPS) is 10.5. The number of nitrogens with zero attached hydrogens (tertiary/aromatic N) is 2. The van der Waals surface area contributed by atoms with Gasteiger partial charge in [-0.05, 0) is 23.5 Å². The van der Waals surface area contributed by atoms with Crippen LogP contribution in [0.5, 0.6) is 0 Å². The first-order valence-corrected chi connectivity index (χ1v) is 5.31. The average molecular weight is 202 g/mol. The van der Waals surface area contributed by atoms with Gasteiger partial charge >= 0.3 is 5.82 Å². The number of hydrogen-bond donors (Lipinski definition) is 1. The van der Waals surface area contributed by atoms with Crippen LogP contribution in [0.2, 0.25) is 0 Å². The second-order valence-corrected chi connectivity index (χ2v) is 3.66. The summed E-state index contributed by atoms with van der Waals surface area (Å²) in [5.74, 6) is 2.05. The third kappa shape index (κ3) is 2.06. The first kappa shape index (κ1) is 9.90. The van der Waals surface area contributed by atoms with Crippen LogP contribution in [-0.4, -0.2) is 10.1 Å². The fourth-order valence-electron chi connectivity index (χ4n) is 1.62. The minimum absolute atomic E-state index is 0.946. The molecule has 0 amide bonds. The van der Waals surface area contributed by atoms with Crippen LogP contribution < -0.4 is 4.68 Å². The lowest BCUT2D eigenvalue weighted by Crippen LogP contribution is -2.34. The van der Waals surface area contributed by atoms with E-state index in [0.717, 1.165) is 30.1 Å². The van der Waals surface area contributed by atoms with Gasteiger partial charge in [0.25, 0.3) is 5.82 Å². The van der Waals surface area contributed by atoms with Crippen molar-refractivity contribution < 1.29 is 4.68 Å². The van der Waals surface area contributed by atoms with E-state index in [1.165, 1.54) is 0 Å². The van der Waals surface area contributed by atoms with Gasteiger partial charge in [-0.2, -0.15) is 9.78 Å². The lowest BCUT2D eigenvalue weighted by atomic mass is 10.2. The number of hydrogen-bond acceptors (Lipinski definition) is 1. The Morgan fingerprint density at radius 3 is 2.67 bits per heavy atom. The van der Waals surface area contributed by atoms with Crippen LogP contribution in [0.25, 0.3) is 11.4 Å². The molecule has 0 unspecified atom stereocenters. The highest BCUT2D eigenvalue weighted by molar-refractivity contribution is 5.53. The van der Waals surface area contributed by atoms with E-state index < -0.39 is 0 Å². The third-order valence-corrected chi connectivity index (χ3v) is 2.42. The van der Waals surface area contributed by atoms with Crippen LogP contribution in [0, 0.1) is 0 Å². The van der Waals surface area contributed by atoms with E-state index in [1.807, 2.05) is 29.9 Å². The highest BCUT2D eigenvalue weighted by Gasteiger charge is 2.16. The zero-order valence-corrected chi connectivity index (χ0v) is 9.20. The Hall–Kier alpha value is -1.64. The molecule has 0 saturated heterocycles. The lowest BCUT2D eigenvalue weighted by molar-refractivity contribution is -0.734. The number of H-pyrrole nitrogens is 1. The Balaban J connectivity index is 2.34. The van der Waals surface area contributed by atoms with Crippen molar-refractivity contribution in [2.75, 3.05) is 0 Å². The van der Waals surface area contributed by atoms with Gasteiger partial charge in [0.2, 0.25) is 0 Å². The molecule has 3 nitrogen and oxygen atoms in total. The first-order chi connectivity index (χ1) is 7.31. The number of benzene rings is 1. The number of aromatic amines is 1. The van der Waals surface area contributed by atoms with Crippen molar-refractivity contribution in [3.8, 4) is 11.4 Å². The van der Waals surface area contributed by atoms with Crippen molar-refractivity contribution in [1.29, 1.82) is 0 Å². The highest BCUT2D eigenvalue weighted by Crippen LogP contribution is 2.12. The molecule has 2 aromatic rings. The predicted octanol–water partition coefficient (Wildman–Crippen LogP) is 1.85. The summed E-state index contributed by atoms with van der Waals surface area (Å²) in [6.45, 7) is 2.16. The summed E-state index contributed by atoms with van der Waals surface area (Å²) in [6, 6.07) is 10.2. The summed E-state index contributed by atoms with van der Waals surface area (Å²) in [5, 5.41) is 3.25. The molecule has 1 aromatic heterocycles. The molecule has 15 heavy (non-hydrogen) atoms. The molecule has 1 N–H and O–H groups in total. The van der Waals surface area contributed by atoms with Crippen molar-refractivity contribution in [3.63, 3.8) is 0 Å². The van der Waals surface area contributed by atoms with Crippen molar-refractivity contribution in [2.24, 2.45) is 7.05 Å². The van der Waals surface area contributed by atoms with Gasteiger partial charge in [0.1, 0.15) is 7.05 Å². The summed E-state index contributed by atoms with van der Waals surface area (Å²) < 4.78 is 1.99. The molecule has 0 saturated carbocycles. The van der Waals surface area contributed by atoms with E-state index in [1.54, 1.807) is 0 Å². The van der Waals surface area contributed by atoms with E-state index in [-0.39, 0.29) is 0 Å². The topological polar surface area (TPSA) is 32.6 Å². The monoisotopic (exact) mass is 202 g/mol. The zero-order chi connectivity index (χ0) is 10.7. The Kier molecular flexibility index (Phi) is 2.81. The number of nitrogens with one attached hydrogen (secondary N) is 1. The van der Waals surface area contributed by atoms with Gasteiger partial charge < -0.3 is 0 Å². The molecule has 1 heterocycles. The molecule has 0 aliphatic carbocycles. The molecular formula is C12H16N3+. The third-order valence-electron chi connectivity index (χ3n) is 2.42. The van der Waals surface area contributed by atoms with Crippen molar-refractivity contribution in [2.45, 2.75) is 19.8 Å². The van der Waals surface area contributed by atoms with E-state index in [2.05, 4.69) is 29.1 Å². The van der Waals surface area contributed by atoms with Crippen molar-refractivity contribution >= 4 is 0 Å². The number of aryl methyl sites for hydroxylation is 2.